The van der Waals surface area contributed by atoms with Crippen molar-refractivity contribution in [1.29, 1.82) is 0 Å². The van der Waals surface area contributed by atoms with Crippen molar-refractivity contribution in [2.75, 3.05) is 39.9 Å². The maximum atomic E-state index is 5.67. The van der Waals surface area contributed by atoms with Crippen molar-refractivity contribution >= 4 is 0 Å². The fourth-order valence-electron chi connectivity index (χ4n) is 2.85. The number of unbranched alkanes of at least 4 members (excludes halogenated alkanes) is 1. The molecule has 108 valence electrons. The second-order valence-corrected chi connectivity index (χ2v) is 5.91. The first-order valence-corrected chi connectivity index (χ1v) is 7.64. The summed E-state index contributed by atoms with van der Waals surface area (Å²) >= 11 is 0. The Morgan fingerprint density at radius 1 is 1.39 bits per heavy atom. The highest BCUT2D eigenvalue weighted by Gasteiger charge is 2.36. The molecule has 2 unspecified atom stereocenters. The normalized spacial score (nSPS) is 25.8. The lowest BCUT2D eigenvalue weighted by Gasteiger charge is -2.37. The van der Waals surface area contributed by atoms with Gasteiger partial charge in [-0.3, -0.25) is 4.90 Å². The second kappa shape index (κ2) is 8.13. The van der Waals surface area contributed by atoms with E-state index in [4.69, 9.17) is 4.74 Å². The maximum absolute atomic E-state index is 5.67. The van der Waals surface area contributed by atoms with Gasteiger partial charge in [-0.1, -0.05) is 20.3 Å². The number of hydrogen-bond donors (Lipinski definition) is 1. The van der Waals surface area contributed by atoms with Crippen LogP contribution in [0.4, 0.5) is 0 Å². The highest BCUT2D eigenvalue weighted by molar-refractivity contribution is 4.89. The van der Waals surface area contributed by atoms with E-state index in [0.717, 1.165) is 19.8 Å². The van der Waals surface area contributed by atoms with Gasteiger partial charge in [0.2, 0.25) is 0 Å². The van der Waals surface area contributed by atoms with Crippen LogP contribution in [-0.4, -0.2) is 50.8 Å². The summed E-state index contributed by atoms with van der Waals surface area (Å²) in [4.78, 5) is 2.68. The van der Waals surface area contributed by atoms with Crippen molar-refractivity contribution in [1.82, 2.24) is 10.2 Å². The molecule has 18 heavy (non-hydrogen) atoms. The number of nitrogens with one attached hydrogen (secondary N) is 1. The molecular formula is C15H32N2O. The van der Waals surface area contributed by atoms with E-state index in [1.807, 2.05) is 0 Å². The molecule has 3 heteroatoms. The Bertz CT molecular complexity index is 215. The van der Waals surface area contributed by atoms with Crippen molar-refractivity contribution in [3.05, 3.63) is 0 Å². The minimum absolute atomic E-state index is 0.339. The minimum Gasteiger partial charge on any atom is -0.381 e. The molecule has 0 amide bonds. The monoisotopic (exact) mass is 256 g/mol. The average Bonchev–Trinajstić information content (AvgIpc) is 2.82. The molecule has 1 heterocycles. The third kappa shape index (κ3) is 4.52. The fourth-order valence-corrected chi connectivity index (χ4v) is 2.85. The summed E-state index contributed by atoms with van der Waals surface area (Å²) in [6.07, 6.45) is 5.02. The molecule has 0 saturated carbocycles. The smallest absolute Gasteiger partial charge is 0.0547 e. The summed E-state index contributed by atoms with van der Waals surface area (Å²) in [6.45, 7) is 12.3. The Morgan fingerprint density at radius 3 is 2.67 bits per heavy atom. The quantitative estimate of drug-likeness (QED) is 0.686. The Labute approximate surface area is 113 Å². The fraction of sp³-hybridized carbons (Fsp3) is 1.00. The minimum atomic E-state index is 0.339. The molecule has 0 aromatic heterocycles. The summed E-state index contributed by atoms with van der Waals surface area (Å²) in [6, 6.07) is 0.686. The molecule has 1 aliphatic heterocycles. The van der Waals surface area contributed by atoms with E-state index in [9.17, 15) is 0 Å². The topological polar surface area (TPSA) is 24.5 Å². The van der Waals surface area contributed by atoms with Gasteiger partial charge in [-0.2, -0.15) is 0 Å². The van der Waals surface area contributed by atoms with Crippen molar-refractivity contribution in [3.63, 3.8) is 0 Å². The van der Waals surface area contributed by atoms with Crippen molar-refractivity contribution in [3.8, 4) is 0 Å². The molecule has 0 spiro atoms. The lowest BCUT2D eigenvalue weighted by molar-refractivity contribution is 0.0878. The van der Waals surface area contributed by atoms with Gasteiger partial charge in [0.15, 0.2) is 0 Å². The summed E-state index contributed by atoms with van der Waals surface area (Å²) in [5.41, 5.74) is 0.339. The van der Waals surface area contributed by atoms with Crippen LogP contribution in [0.3, 0.4) is 0 Å². The molecular weight excluding hydrogens is 224 g/mol. The first-order valence-electron chi connectivity index (χ1n) is 7.64. The van der Waals surface area contributed by atoms with E-state index in [1.165, 1.54) is 38.8 Å². The highest BCUT2D eigenvalue weighted by Crippen LogP contribution is 2.30. The van der Waals surface area contributed by atoms with Crippen LogP contribution >= 0.6 is 0 Å². The number of nitrogens with zero attached hydrogens (tertiary/aromatic N) is 1. The van der Waals surface area contributed by atoms with Crippen LogP contribution in [0.1, 0.15) is 46.5 Å². The molecule has 1 saturated heterocycles. The zero-order chi connectivity index (χ0) is 13.4. The number of hydrogen-bond acceptors (Lipinski definition) is 3. The largest absolute Gasteiger partial charge is 0.381 e. The predicted molar refractivity (Wildman–Crippen MR) is 78.0 cm³/mol. The van der Waals surface area contributed by atoms with Crippen molar-refractivity contribution in [2.24, 2.45) is 5.41 Å². The Hall–Kier alpha value is -0.120. The summed E-state index contributed by atoms with van der Waals surface area (Å²) < 4.78 is 5.67. The molecule has 1 N–H and O–H groups in total. The number of ether oxygens (including phenoxy) is 1. The molecule has 1 fully saturated rings. The third-order valence-corrected chi connectivity index (χ3v) is 4.29. The molecule has 2 atom stereocenters. The zero-order valence-corrected chi connectivity index (χ0v) is 12.8. The van der Waals surface area contributed by atoms with E-state index in [-0.39, 0.29) is 0 Å². The van der Waals surface area contributed by atoms with Crippen LogP contribution in [0.15, 0.2) is 0 Å². The third-order valence-electron chi connectivity index (χ3n) is 4.29. The van der Waals surface area contributed by atoms with Gasteiger partial charge in [0.25, 0.3) is 0 Å². The van der Waals surface area contributed by atoms with Gasteiger partial charge in [-0.05, 0) is 39.8 Å². The molecule has 0 aromatic rings. The lowest BCUT2D eigenvalue weighted by Crippen LogP contribution is -2.47. The predicted octanol–water partition coefficient (Wildman–Crippen LogP) is 2.51. The highest BCUT2D eigenvalue weighted by atomic mass is 16.5. The first-order chi connectivity index (χ1) is 8.67. The van der Waals surface area contributed by atoms with Gasteiger partial charge in [0, 0.05) is 31.2 Å². The van der Waals surface area contributed by atoms with Crippen LogP contribution < -0.4 is 5.32 Å². The van der Waals surface area contributed by atoms with E-state index >= 15 is 0 Å². The SMILES string of the molecule is CCCCN(CC1(CNC)CCOC1)C(C)CC. The molecule has 3 nitrogen and oxygen atoms in total. The van der Waals surface area contributed by atoms with Crippen LogP contribution in [-0.2, 0) is 4.74 Å². The summed E-state index contributed by atoms with van der Waals surface area (Å²) in [5.74, 6) is 0. The average molecular weight is 256 g/mol. The van der Waals surface area contributed by atoms with Gasteiger partial charge >= 0.3 is 0 Å². The Kier molecular flexibility index (Phi) is 7.20. The second-order valence-electron chi connectivity index (χ2n) is 5.91. The molecule has 0 bridgehead atoms. The Morgan fingerprint density at radius 2 is 2.17 bits per heavy atom. The lowest BCUT2D eigenvalue weighted by atomic mass is 9.86. The van der Waals surface area contributed by atoms with Crippen molar-refractivity contribution < 1.29 is 4.74 Å². The van der Waals surface area contributed by atoms with Gasteiger partial charge < -0.3 is 10.1 Å². The molecule has 0 aromatic carbocycles. The van der Waals surface area contributed by atoms with Crippen LogP contribution in [0.5, 0.6) is 0 Å². The standard InChI is InChI=1S/C15H32N2O/c1-5-7-9-17(14(3)6-2)12-15(11-16-4)8-10-18-13-15/h14,16H,5-13H2,1-4H3. The van der Waals surface area contributed by atoms with Crippen molar-refractivity contribution in [2.45, 2.75) is 52.5 Å². The van der Waals surface area contributed by atoms with Gasteiger partial charge in [-0.25, -0.2) is 0 Å². The van der Waals surface area contributed by atoms with Crippen LogP contribution in [0.2, 0.25) is 0 Å². The molecule has 1 aliphatic rings. The first kappa shape index (κ1) is 15.9. The maximum Gasteiger partial charge on any atom is 0.0547 e. The Balaban J connectivity index is 2.60. The van der Waals surface area contributed by atoms with Crippen LogP contribution in [0, 0.1) is 5.41 Å². The van der Waals surface area contributed by atoms with E-state index in [2.05, 4.69) is 38.0 Å². The van der Waals surface area contributed by atoms with Crippen LogP contribution in [0.25, 0.3) is 0 Å². The molecule has 0 aliphatic carbocycles. The summed E-state index contributed by atoms with van der Waals surface area (Å²) in [7, 11) is 2.06. The van der Waals surface area contributed by atoms with Gasteiger partial charge in [0.1, 0.15) is 0 Å². The van der Waals surface area contributed by atoms with E-state index < -0.39 is 0 Å². The van der Waals surface area contributed by atoms with E-state index in [0.29, 0.717) is 11.5 Å². The molecule has 0 radical (unpaired) electrons. The molecule has 1 rings (SSSR count). The number of rotatable bonds is 9. The zero-order valence-electron chi connectivity index (χ0n) is 12.8. The van der Waals surface area contributed by atoms with E-state index in [1.54, 1.807) is 0 Å². The van der Waals surface area contributed by atoms with Gasteiger partial charge in [0.05, 0.1) is 6.61 Å². The summed E-state index contributed by atoms with van der Waals surface area (Å²) in [5, 5.41) is 3.36. The van der Waals surface area contributed by atoms with Gasteiger partial charge in [-0.15, -0.1) is 0 Å².